The molecule has 0 aliphatic carbocycles. The first-order chi connectivity index (χ1) is 13.5. The van der Waals surface area contributed by atoms with Crippen molar-refractivity contribution in [1.29, 1.82) is 0 Å². The maximum Gasteiger partial charge on any atom is 0.255 e. The number of pyridine rings is 1. The number of carbonyl (C=O) groups excluding carboxylic acids is 2. The van der Waals surface area contributed by atoms with Gasteiger partial charge in [0.25, 0.3) is 5.91 Å². The molecule has 1 saturated heterocycles. The van der Waals surface area contributed by atoms with Crippen molar-refractivity contribution >= 4 is 17.5 Å². The molecule has 0 spiro atoms. The van der Waals surface area contributed by atoms with E-state index in [1.807, 2.05) is 31.2 Å². The van der Waals surface area contributed by atoms with Crippen molar-refractivity contribution in [2.24, 2.45) is 11.7 Å². The van der Waals surface area contributed by atoms with Crippen LogP contribution in [0.3, 0.4) is 0 Å². The number of hydrogen-bond acceptors (Lipinski definition) is 5. The van der Waals surface area contributed by atoms with E-state index in [2.05, 4.69) is 15.6 Å². The summed E-state index contributed by atoms with van der Waals surface area (Å²) in [5.41, 5.74) is 8.30. The zero-order valence-corrected chi connectivity index (χ0v) is 15.9. The number of carbonyl (C=O) groups is 2. The fourth-order valence-corrected chi connectivity index (χ4v) is 3.24. The highest BCUT2D eigenvalue weighted by Crippen LogP contribution is 2.20. The highest BCUT2D eigenvalue weighted by atomic mass is 16.5. The molecule has 0 radical (unpaired) electrons. The molecule has 28 heavy (non-hydrogen) atoms. The van der Waals surface area contributed by atoms with Crippen LogP contribution < -0.4 is 16.4 Å². The van der Waals surface area contributed by atoms with Crippen LogP contribution in [0.1, 0.15) is 41.7 Å². The Morgan fingerprint density at radius 1 is 1.11 bits per heavy atom. The largest absolute Gasteiger partial charge is 0.381 e. The highest BCUT2D eigenvalue weighted by Gasteiger charge is 2.27. The van der Waals surface area contributed by atoms with Crippen LogP contribution in [0.4, 0.5) is 5.69 Å². The number of benzene rings is 1. The topological polar surface area (TPSA) is 106 Å². The Morgan fingerprint density at radius 3 is 2.39 bits per heavy atom. The summed E-state index contributed by atoms with van der Waals surface area (Å²) in [4.78, 5) is 28.5. The van der Waals surface area contributed by atoms with E-state index in [4.69, 9.17) is 10.5 Å². The molecule has 0 saturated carbocycles. The van der Waals surface area contributed by atoms with Gasteiger partial charge in [0.1, 0.15) is 0 Å². The normalized spacial score (nSPS) is 16.8. The van der Waals surface area contributed by atoms with Crippen LogP contribution in [0, 0.1) is 5.92 Å². The third kappa shape index (κ3) is 5.15. The number of anilines is 1. The molecule has 3 rings (SSSR count). The van der Waals surface area contributed by atoms with Gasteiger partial charge in [-0.3, -0.25) is 14.6 Å². The summed E-state index contributed by atoms with van der Waals surface area (Å²) >= 11 is 0. The van der Waals surface area contributed by atoms with Crippen molar-refractivity contribution in [3.63, 3.8) is 0 Å². The molecular weight excluding hydrogens is 356 g/mol. The number of aromatic nitrogens is 1. The Hall–Kier alpha value is -2.77. The minimum absolute atomic E-state index is 0.144. The van der Waals surface area contributed by atoms with Gasteiger partial charge >= 0.3 is 0 Å². The Balaban J connectivity index is 1.55. The molecule has 7 nitrogen and oxygen atoms in total. The standard InChI is InChI=1S/C21H26N4O3/c1-14(24-21(27)19(22)16-8-12-28-13-9-16)15-2-4-18(5-3-15)25-20(26)17-6-10-23-11-7-17/h2-7,10-11,14,16,19H,8-9,12-13,22H2,1H3,(H,24,27)(H,25,26). The third-order valence-electron chi connectivity index (χ3n) is 5.05. The van der Waals surface area contributed by atoms with Crippen LogP contribution in [0.25, 0.3) is 0 Å². The van der Waals surface area contributed by atoms with Gasteiger partial charge in [-0.2, -0.15) is 0 Å². The fraction of sp³-hybridized carbons (Fsp3) is 0.381. The van der Waals surface area contributed by atoms with Crippen LogP contribution in [0.5, 0.6) is 0 Å². The van der Waals surface area contributed by atoms with Gasteiger partial charge in [0.15, 0.2) is 0 Å². The van der Waals surface area contributed by atoms with E-state index in [0.717, 1.165) is 18.4 Å². The van der Waals surface area contributed by atoms with Gasteiger partial charge in [-0.1, -0.05) is 12.1 Å². The smallest absolute Gasteiger partial charge is 0.255 e. The zero-order chi connectivity index (χ0) is 19.9. The second-order valence-corrected chi connectivity index (χ2v) is 7.02. The molecule has 1 aromatic heterocycles. The maximum absolute atomic E-state index is 12.5. The van der Waals surface area contributed by atoms with E-state index in [1.54, 1.807) is 24.5 Å². The molecule has 2 heterocycles. The first-order valence-electron chi connectivity index (χ1n) is 9.49. The van der Waals surface area contributed by atoms with Crippen LogP contribution >= 0.6 is 0 Å². The molecule has 7 heteroatoms. The van der Waals surface area contributed by atoms with Gasteiger partial charge in [-0.05, 0) is 55.5 Å². The van der Waals surface area contributed by atoms with E-state index in [0.29, 0.717) is 24.5 Å². The average molecular weight is 382 g/mol. The summed E-state index contributed by atoms with van der Waals surface area (Å²) in [5.74, 6) is -0.180. The lowest BCUT2D eigenvalue weighted by atomic mass is 9.91. The van der Waals surface area contributed by atoms with Gasteiger partial charge in [0.05, 0.1) is 12.1 Å². The lowest BCUT2D eigenvalue weighted by Gasteiger charge is -2.28. The van der Waals surface area contributed by atoms with E-state index >= 15 is 0 Å². The second-order valence-electron chi connectivity index (χ2n) is 7.02. The number of rotatable bonds is 6. The molecule has 1 aliphatic heterocycles. The molecular formula is C21H26N4O3. The minimum Gasteiger partial charge on any atom is -0.381 e. The van der Waals surface area contributed by atoms with E-state index < -0.39 is 6.04 Å². The molecule has 0 bridgehead atoms. The van der Waals surface area contributed by atoms with Crippen molar-refractivity contribution in [3.8, 4) is 0 Å². The van der Waals surface area contributed by atoms with Crippen molar-refractivity contribution in [3.05, 3.63) is 59.9 Å². The number of nitrogens with two attached hydrogens (primary N) is 1. The molecule has 1 fully saturated rings. The number of nitrogens with zero attached hydrogens (tertiary/aromatic N) is 1. The van der Waals surface area contributed by atoms with Crippen molar-refractivity contribution < 1.29 is 14.3 Å². The summed E-state index contributed by atoms with van der Waals surface area (Å²) in [6, 6.07) is 10.0. The lowest BCUT2D eigenvalue weighted by Crippen LogP contribution is -2.47. The SMILES string of the molecule is CC(NC(=O)C(N)C1CCOCC1)c1ccc(NC(=O)c2ccncc2)cc1. The van der Waals surface area contributed by atoms with Crippen LogP contribution in [-0.4, -0.2) is 36.1 Å². The van der Waals surface area contributed by atoms with Crippen LogP contribution in [-0.2, 0) is 9.53 Å². The highest BCUT2D eigenvalue weighted by molar-refractivity contribution is 6.04. The maximum atomic E-state index is 12.5. The number of ether oxygens (including phenoxy) is 1. The average Bonchev–Trinajstić information content (AvgIpc) is 2.74. The fourth-order valence-electron chi connectivity index (χ4n) is 3.24. The van der Waals surface area contributed by atoms with Crippen LogP contribution in [0.15, 0.2) is 48.8 Å². The quantitative estimate of drug-likeness (QED) is 0.711. The van der Waals surface area contributed by atoms with Crippen molar-refractivity contribution in [1.82, 2.24) is 10.3 Å². The molecule has 2 unspecified atom stereocenters. The minimum atomic E-state index is -0.523. The Morgan fingerprint density at radius 2 is 1.75 bits per heavy atom. The first-order valence-corrected chi connectivity index (χ1v) is 9.49. The molecule has 2 amide bonds. The molecule has 4 N–H and O–H groups in total. The zero-order valence-electron chi connectivity index (χ0n) is 15.9. The third-order valence-corrected chi connectivity index (χ3v) is 5.05. The molecule has 1 aliphatic rings. The Kier molecular flexibility index (Phi) is 6.73. The summed E-state index contributed by atoms with van der Waals surface area (Å²) in [5, 5.41) is 5.82. The second kappa shape index (κ2) is 9.43. The molecule has 1 aromatic carbocycles. The van der Waals surface area contributed by atoms with Gasteiger partial charge in [-0.25, -0.2) is 0 Å². The van der Waals surface area contributed by atoms with Gasteiger partial charge in [0, 0.05) is 36.9 Å². The number of amides is 2. The van der Waals surface area contributed by atoms with E-state index in [1.165, 1.54) is 0 Å². The van der Waals surface area contributed by atoms with E-state index in [9.17, 15) is 9.59 Å². The molecule has 148 valence electrons. The predicted molar refractivity (Wildman–Crippen MR) is 107 cm³/mol. The lowest BCUT2D eigenvalue weighted by molar-refractivity contribution is -0.125. The molecule has 2 atom stereocenters. The summed E-state index contributed by atoms with van der Waals surface area (Å²) < 4.78 is 5.33. The predicted octanol–water partition coefficient (Wildman–Crippen LogP) is 2.26. The summed E-state index contributed by atoms with van der Waals surface area (Å²) in [7, 11) is 0. The molecule has 2 aromatic rings. The summed E-state index contributed by atoms with van der Waals surface area (Å²) in [6.07, 6.45) is 4.78. The van der Waals surface area contributed by atoms with Gasteiger partial charge < -0.3 is 21.1 Å². The Bertz CT molecular complexity index is 789. The first kappa shape index (κ1) is 20.0. The Labute approximate surface area is 164 Å². The van der Waals surface area contributed by atoms with Crippen molar-refractivity contribution in [2.75, 3.05) is 18.5 Å². The monoisotopic (exact) mass is 382 g/mol. The van der Waals surface area contributed by atoms with Gasteiger partial charge in [-0.15, -0.1) is 0 Å². The number of nitrogens with one attached hydrogen (secondary N) is 2. The van der Waals surface area contributed by atoms with Gasteiger partial charge in [0.2, 0.25) is 5.91 Å². The van der Waals surface area contributed by atoms with E-state index in [-0.39, 0.29) is 23.8 Å². The summed E-state index contributed by atoms with van der Waals surface area (Å²) in [6.45, 7) is 3.24. The van der Waals surface area contributed by atoms with Crippen LogP contribution in [0.2, 0.25) is 0 Å². The van der Waals surface area contributed by atoms with Crippen molar-refractivity contribution in [2.45, 2.75) is 31.8 Å². The number of hydrogen-bond donors (Lipinski definition) is 3.